The maximum Gasteiger partial charge on any atom is 0.243 e. The van der Waals surface area contributed by atoms with Crippen molar-refractivity contribution in [1.29, 1.82) is 0 Å². The van der Waals surface area contributed by atoms with Crippen LogP contribution in [0, 0.1) is 5.92 Å². The van der Waals surface area contributed by atoms with Gasteiger partial charge in [0, 0.05) is 55.3 Å². The van der Waals surface area contributed by atoms with Gasteiger partial charge < -0.3 is 25.3 Å². The number of amides is 2. The summed E-state index contributed by atoms with van der Waals surface area (Å²) in [5.74, 6) is 0.320. The third-order valence-corrected chi connectivity index (χ3v) is 5.87. The molecule has 0 aliphatic carbocycles. The average Bonchev–Trinajstić information content (AvgIpc) is 3.25. The monoisotopic (exact) mass is 449 g/mol. The van der Waals surface area contributed by atoms with Gasteiger partial charge in [-0.05, 0) is 29.3 Å². The minimum absolute atomic E-state index is 0.145. The van der Waals surface area contributed by atoms with Crippen LogP contribution in [0.2, 0.25) is 0 Å². The number of carbonyl (C=O) groups excluding carboxylic acids is 2. The molecule has 1 aliphatic heterocycles. The Labute approximate surface area is 193 Å². The van der Waals surface area contributed by atoms with Crippen molar-refractivity contribution in [2.24, 2.45) is 5.92 Å². The lowest BCUT2D eigenvalue weighted by Crippen LogP contribution is -2.49. The quantitative estimate of drug-likeness (QED) is 0.491. The number of para-hydroxylation sites is 1. The van der Waals surface area contributed by atoms with Crippen LogP contribution >= 0.6 is 0 Å². The number of nitrogens with one attached hydrogen (secondary N) is 3. The Bertz CT molecular complexity index is 1100. The maximum absolute atomic E-state index is 13.1. The Morgan fingerprint density at radius 3 is 2.73 bits per heavy atom. The van der Waals surface area contributed by atoms with Gasteiger partial charge in [-0.25, -0.2) is 4.98 Å². The summed E-state index contributed by atoms with van der Waals surface area (Å²) in [4.78, 5) is 35.4. The van der Waals surface area contributed by atoms with Crippen LogP contribution in [0.1, 0.15) is 25.0 Å². The van der Waals surface area contributed by atoms with E-state index < -0.39 is 6.04 Å². The Hall–Kier alpha value is -3.39. The first-order valence-corrected chi connectivity index (χ1v) is 11.4. The van der Waals surface area contributed by atoms with Crippen LogP contribution in [0.4, 0.5) is 5.82 Å². The number of pyridine rings is 1. The van der Waals surface area contributed by atoms with E-state index in [1.54, 1.807) is 6.20 Å². The van der Waals surface area contributed by atoms with E-state index in [4.69, 9.17) is 4.74 Å². The van der Waals surface area contributed by atoms with Crippen LogP contribution in [0.25, 0.3) is 10.9 Å². The molecule has 4 rings (SSSR count). The molecule has 1 atom stereocenters. The molecule has 0 radical (unpaired) electrons. The fraction of sp³-hybridized carbons (Fsp3) is 0.400. The Balaban J connectivity index is 1.45. The first kappa shape index (κ1) is 22.8. The molecule has 2 amide bonds. The van der Waals surface area contributed by atoms with Crippen molar-refractivity contribution in [2.75, 3.05) is 31.2 Å². The minimum Gasteiger partial charge on any atom is -0.378 e. The van der Waals surface area contributed by atoms with Crippen molar-refractivity contribution < 1.29 is 14.3 Å². The third-order valence-electron chi connectivity index (χ3n) is 5.87. The van der Waals surface area contributed by atoms with E-state index >= 15 is 0 Å². The molecule has 0 spiro atoms. The molecule has 1 aromatic carbocycles. The number of carbonyl (C=O) groups is 2. The highest BCUT2D eigenvalue weighted by Crippen LogP contribution is 2.19. The number of nitrogens with zero attached hydrogens (tertiary/aromatic N) is 2. The lowest BCUT2D eigenvalue weighted by molar-refractivity contribution is -0.130. The molecular formula is C25H31N5O3. The molecule has 3 N–H and O–H groups in total. The van der Waals surface area contributed by atoms with E-state index in [0.29, 0.717) is 26.2 Å². The number of benzene rings is 1. The topological polar surface area (TPSA) is 99.3 Å². The first-order valence-electron chi connectivity index (χ1n) is 11.4. The van der Waals surface area contributed by atoms with Gasteiger partial charge in [-0.2, -0.15) is 0 Å². The SMILES string of the molecule is CC(C)C(=O)N[C@H](Cc1c[nH]c2ccccc12)C(=O)NCc1ccnc(N2CCOCC2)c1. The molecule has 0 saturated carbocycles. The van der Waals surface area contributed by atoms with Crippen molar-refractivity contribution in [3.8, 4) is 0 Å². The summed E-state index contributed by atoms with van der Waals surface area (Å²) in [6.45, 7) is 6.98. The van der Waals surface area contributed by atoms with Gasteiger partial charge in [0.15, 0.2) is 0 Å². The molecule has 174 valence electrons. The van der Waals surface area contributed by atoms with Crippen molar-refractivity contribution in [2.45, 2.75) is 32.9 Å². The zero-order valence-corrected chi connectivity index (χ0v) is 19.1. The van der Waals surface area contributed by atoms with Gasteiger partial charge in [0.25, 0.3) is 0 Å². The second-order valence-electron chi connectivity index (χ2n) is 8.62. The number of hydrogen-bond donors (Lipinski definition) is 3. The second-order valence-corrected chi connectivity index (χ2v) is 8.62. The van der Waals surface area contributed by atoms with E-state index in [2.05, 4.69) is 25.5 Å². The van der Waals surface area contributed by atoms with Crippen LogP contribution in [-0.2, 0) is 27.3 Å². The summed E-state index contributed by atoms with van der Waals surface area (Å²) in [5, 5.41) is 6.97. The standard InChI is InChI=1S/C25H31N5O3/c1-17(2)24(31)29-22(14-19-16-27-21-6-4-3-5-20(19)21)25(32)28-15-18-7-8-26-23(13-18)30-9-11-33-12-10-30/h3-8,13,16-17,22,27H,9-12,14-15H2,1-2H3,(H,28,32)(H,29,31)/t22-/m1/s1. The Kier molecular flexibility index (Phi) is 7.24. The molecule has 2 aromatic heterocycles. The van der Waals surface area contributed by atoms with E-state index in [-0.39, 0.29) is 17.7 Å². The predicted molar refractivity (Wildman–Crippen MR) is 128 cm³/mol. The number of H-pyrrole nitrogens is 1. The summed E-state index contributed by atoms with van der Waals surface area (Å²) >= 11 is 0. The Morgan fingerprint density at radius 1 is 1.15 bits per heavy atom. The van der Waals surface area contributed by atoms with E-state index in [1.165, 1.54) is 0 Å². The number of anilines is 1. The van der Waals surface area contributed by atoms with Crippen LogP contribution in [-0.4, -0.2) is 54.1 Å². The number of aromatic nitrogens is 2. The van der Waals surface area contributed by atoms with E-state index in [1.807, 2.05) is 56.4 Å². The van der Waals surface area contributed by atoms with Crippen LogP contribution < -0.4 is 15.5 Å². The molecule has 1 aliphatic rings. The van der Waals surface area contributed by atoms with Crippen LogP contribution in [0.3, 0.4) is 0 Å². The average molecular weight is 450 g/mol. The largest absolute Gasteiger partial charge is 0.378 e. The summed E-state index contributed by atoms with van der Waals surface area (Å²) < 4.78 is 5.41. The number of fused-ring (bicyclic) bond motifs is 1. The smallest absolute Gasteiger partial charge is 0.243 e. The number of morpholine rings is 1. The maximum atomic E-state index is 13.1. The van der Waals surface area contributed by atoms with Crippen molar-refractivity contribution in [3.05, 3.63) is 59.9 Å². The number of hydrogen-bond acceptors (Lipinski definition) is 5. The fourth-order valence-corrected chi connectivity index (χ4v) is 3.92. The fourth-order valence-electron chi connectivity index (χ4n) is 3.92. The molecule has 1 saturated heterocycles. The highest BCUT2D eigenvalue weighted by molar-refractivity contribution is 5.90. The van der Waals surface area contributed by atoms with Crippen molar-refractivity contribution in [1.82, 2.24) is 20.6 Å². The minimum atomic E-state index is -0.667. The summed E-state index contributed by atoms with van der Waals surface area (Å²) in [6.07, 6.45) is 4.07. The highest BCUT2D eigenvalue weighted by atomic mass is 16.5. The number of rotatable bonds is 8. The van der Waals surface area contributed by atoms with Gasteiger partial charge in [0.1, 0.15) is 11.9 Å². The van der Waals surface area contributed by atoms with Gasteiger partial charge >= 0.3 is 0 Å². The molecule has 8 heteroatoms. The van der Waals surface area contributed by atoms with Gasteiger partial charge in [0.2, 0.25) is 11.8 Å². The first-order chi connectivity index (χ1) is 16.0. The van der Waals surface area contributed by atoms with E-state index in [0.717, 1.165) is 40.9 Å². The predicted octanol–water partition coefficient (Wildman–Crippen LogP) is 2.40. The highest BCUT2D eigenvalue weighted by Gasteiger charge is 2.23. The molecule has 33 heavy (non-hydrogen) atoms. The Morgan fingerprint density at radius 2 is 1.94 bits per heavy atom. The van der Waals surface area contributed by atoms with Gasteiger partial charge in [0.05, 0.1) is 13.2 Å². The third kappa shape index (κ3) is 5.70. The number of ether oxygens (including phenoxy) is 1. The molecule has 8 nitrogen and oxygen atoms in total. The summed E-state index contributed by atoms with van der Waals surface area (Å²) in [7, 11) is 0. The van der Waals surface area contributed by atoms with Gasteiger partial charge in [-0.1, -0.05) is 32.0 Å². The molecule has 0 unspecified atom stereocenters. The lowest BCUT2D eigenvalue weighted by Gasteiger charge is -2.28. The molecular weight excluding hydrogens is 418 g/mol. The molecule has 3 aromatic rings. The molecule has 3 heterocycles. The van der Waals surface area contributed by atoms with Gasteiger partial charge in [-0.15, -0.1) is 0 Å². The zero-order chi connectivity index (χ0) is 23.2. The summed E-state index contributed by atoms with van der Waals surface area (Å²) in [6, 6.07) is 11.2. The zero-order valence-electron chi connectivity index (χ0n) is 19.1. The summed E-state index contributed by atoms with van der Waals surface area (Å²) in [5.41, 5.74) is 2.96. The normalized spacial score (nSPS) is 14.9. The number of aromatic amines is 1. The molecule has 1 fully saturated rings. The van der Waals surface area contributed by atoms with E-state index in [9.17, 15) is 9.59 Å². The van der Waals surface area contributed by atoms with Crippen LogP contribution in [0.15, 0.2) is 48.8 Å². The van der Waals surface area contributed by atoms with Crippen molar-refractivity contribution >= 4 is 28.5 Å². The van der Waals surface area contributed by atoms with Crippen LogP contribution in [0.5, 0.6) is 0 Å². The van der Waals surface area contributed by atoms with Crippen molar-refractivity contribution in [3.63, 3.8) is 0 Å². The molecule has 0 bridgehead atoms. The van der Waals surface area contributed by atoms with Gasteiger partial charge in [-0.3, -0.25) is 9.59 Å². The lowest BCUT2D eigenvalue weighted by atomic mass is 10.0. The second kappa shape index (κ2) is 10.5.